The lowest BCUT2D eigenvalue weighted by atomic mass is 10.0. The molecule has 2 aromatic carbocycles. The van der Waals surface area contributed by atoms with E-state index < -0.39 is 5.41 Å². The van der Waals surface area contributed by atoms with Gasteiger partial charge in [-0.2, -0.15) is 0 Å². The maximum absolute atomic E-state index is 12.7. The van der Waals surface area contributed by atoms with Crippen LogP contribution < -0.4 is 10.6 Å². The van der Waals surface area contributed by atoms with Gasteiger partial charge < -0.3 is 10.6 Å². The second-order valence-corrected chi connectivity index (χ2v) is 7.03. The average Bonchev–Trinajstić information content (AvgIpc) is 3.40. The van der Waals surface area contributed by atoms with Crippen molar-refractivity contribution < 1.29 is 9.59 Å². The smallest absolute Gasteiger partial charge is 0.240 e. The summed E-state index contributed by atoms with van der Waals surface area (Å²) in [4.78, 5) is 25.2. The van der Waals surface area contributed by atoms with Crippen molar-refractivity contribution in [3.63, 3.8) is 0 Å². The Hall–Kier alpha value is -2.33. The van der Waals surface area contributed by atoms with Gasteiger partial charge in [-0.1, -0.05) is 35.9 Å². The van der Waals surface area contributed by atoms with Crippen LogP contribution in [0.5, 0.6) is 0 Å². The van der Waals surface area contributed by atoms with Crippen LogP contribution in [0.2, 0.25) is 5.02 Å². The first-order valence-electron chi connectivity index (χ1n) is 8.33. The number of benzene rings is 2. The summed E-state index contributed by atoms with van der Waals surface area (Å²) < 4.78 is 0. The molecule has 1 fully saturated rings. The molecule has 5 heteroatoms. The minimum Gasteiger partial charge on any atom is -0.351 e. The first-order chi connectivity index (χ1) is 11.9. The van der Waals surface area contributed by atoms with E-state index in [1.807, 2.05) is 44.2 Å². The number of nitrogens with one attached hydrogen (secondary N) is 2. The van der Waals surface area contributed by atoms with Crippen LogP contribution in [-0.4, -0.2) is 11.8 Å². The van der Waals surface area contributed by atoms with Gasteiger partial charge in [0.15, 0.2) is 0 Å². The summed E-state index contributed by atoms with van der Waals surface area (Å²) in [6.45, 7) is 4.34. The fourth-order valence-corrected chi connectivity index (χ4v) is 2.89. The van der Waals surface area contributed by atoms with E-state index in [0.29, 0.717) is 24.4 Å². The van der Waals surface area contributed by atoms with E-state index in [0.717, 1.165) is 22.4 Å². The summed E-state index contributed by atoms with van der Waals surface area (Å²) >= 11 is 5.86. The van der Waals surface area contributed by atoms with Gasteiger partial charge in [0.2, 0.25) is 11.8 Å². The Bertz CT molecular complexity index is 811. The number of aryl methyl sites for hydroxylation is 1. The summed E-state index contributed by atoms with van der Waals surface area (Å²) in [7, 11) is 0. The zero-order valence-corrected chi connectivity index (χ0v) is 15.1. The second-order valence-electron chi connectivity index (χ2n) is 6.59. The van der Waals surface area contributed by atoms with Gasteiger partial charge in [-0.15, -0.1) is 0 Å². The molecule has 2 aromatic rings. The number of hydrogen-bond acceptors (Lipinski definition) is 2. The molecule has 0 heterocycles. The van der Waals surface area contributed by atoms with Gasteiger partial charge in [-0.05, 0) is 61.6 Å². The molecule has 25 heavy (non-hydrogen) atoms. The molecule has 0 bridgehead atoms. The minimum atomic E-state index is -0.942. The highest BCUT2D eigenvalue weighted by Crippen LogP contribution is 2.47. The van der Waals surface area contributed by atoms with E-state index in [1.54, 1.807) is 12.1 Å². The Kier molecular flexibility index (Phi) is 4.82. The molecule has 1 saturated carbocycles. The second kappa shape index (κ2) is 6.89. The van der Waals surface area contributed by atoms with E-state index in [1.165, 1.54) is 0 Å². The lowest BCUT2D eigenvalue weighted by molar-refractivity contribution is -0.134. The molecule has 0 radical (unpaired) electrons. The third-order valence-electron chi connectivity index (χ3n) is 4.84. The molecule has 0 unspecified atom stereocenters. The van der Waals surface area contributed by atoms with Crippen molar-refractivity contribution >= 4 is 29.1 Å². The Labute approximate surface area is 152 Å². The van der Waals surface area contributed by atoms with E-state index >= 15 is 0 Å². The van der Waals surface area contributed by atoms with Crippen molar-refractivity contribution in [2.45, 2.75) is 33.2 Å². The summed E-state index contributed by atoms with van der Waals surface area (Å²) in [6.07, 6.45) is 1.16. The molecule has 1 aliphatic rings. The number of rotatable bonds is 5. The summed E-state index contributed by atoms with van der Waals surface area (Å²) in [5.41, 5.74) is 2.90. The van der Waals surface area contributed by atoms with E-state index in [2.05, 4.69) is 10.6 Å². The van der Waals surface area contributed by atoms with E-state index in [9.17, 15) is 9.59 Å². The summed E-state index contributed by atoms with van der Waals surface area (Å²) in [6, 6.07) is 13.0. The lowest BCUT2D eigenvalue weighted by Crippen LogP contribution is -2.39. The zero-order valence-electron chi connectivity index (χ0n) is 14.4. The van der Waals surface area contributed by atoms with Crippen molar-refractivity contribution in [3.8, 4) is 0 Å². The lowest BCUT2D eigenvalue weighted by Gasteiger charge is -2.17. The Morgan fingerprint density at radius 2 is 1.72 bits per heavy atom. The van der Waals surface area contributed by atoms with Crippen LogP contribution in [0.4, 0.5) is 5.69 Å². The van der Waals surface area contributed by atoms with Crippen molar-refractivity contribution in [3.05, 3.63) is 64.2 Å². The Morgan fingerprint density at radius 3 is 2.36 bits per heavy atom. The summed E-state index contributed by atoms with van der Waals surface area (Å²) in [5, 5.41) is 6.45. The molecule has 1 aliphatic carbocycles. The average molecular weight is 357 g/mol. The molecule has 2 N–H and O–H groups in total. The zero-order chi connectivity index (χ0) is 18.0. The van der Waals surface area contributed by atoms with Gasteiger partial charge in [-0.3, -0.25) is 9.59 Å². The molecule has 2 amide bonds. The number of hydrogen-bond donors (Lipinski definition) is 2. The highest BCUT2D eigenvalue weighted by Gasteiger charge is 2.56. The first-order valence-corrected chi connectivity index (χ1v) is 8.70. The normalized spacial score (nSPS) is 14.7. The Balaban J connectivity index is 1.64. The van der Waals surface area contributed by atoms with Crippen molar-refractivity contribution in [2.75, 3.05) is 5.32 Å². The van der Waals surface area contributed by atoms with Crippen LogP contribution in [0, 0.1) is 19.3 Å². The van der Waals surface area contributed by atoms with Crippen LogP contribution in [0.15, 0.2) is 42.5 Å². The molecule has 0 atom stereocenters. The topological polar surface area (TPSA) is 58.2 Å². The third-order valence-corrected chi connectivity index (χ3v) is 5.09. The molecule has 130 valence electrons. The fourth-order valence-electron chi connectivity index (χ4n) is 2.76. The largest absolute Gasteiger partial charge is 0.351 e. The van der Waals surface area contributed by atoms with Crippen molar-refractivity contribution in [1.82, 2.24) is 5.32 Å². The molecular weight excluding hydrogens is 336 g/mol. The van der Waals surface area contributed by atoms with E-state index in [4.69, 9.17) is 11.6 Å². The SMILES string of the molecule is Cc1cccc(NC(=O)C2(C(=O)NCc3ccc(Cl)cc3)CC2)c1C. The predicted molar refractivity (Wildman–Crippen MR) is 99.5 cm³/mol. The number of amides is 2. The maximum Gasteiger partial charge on any atom is 0.240 e. The predicted octanol–water partition coefficient (Wildman–Crippen LogP) is 3.99. The van der Waals surface area contributed by atoms with Crippen LogP contribution in [0.3, 0.4) is 0 Å². The Morgan fingerprint density at radius 1 is 1.04 bits per heavy atom. The molecule has 3 rings (SSSR count). The molecule has 0 spiro atoms. The van der Waals surface area contributed by atoms with Crippen LogP contribution in [-0.2, 0) is 16.1 Å². The highest BCUT2D eigenvalue weighted by atomic mass is 35.5. The number of anilines is 1. The van der Waals surface area contributed by atoms with Crippen LogP contribution in [0.1, 0.15) is 29.5 Å². The standard InChI is InChI=1S/C20H21ClN2O2/c1-13-4-3-5-17(14(13)2)23-19(25)20(10-11-20)18(24)22-12-15-6-8-16(21)9-7-15/h3-9H,10-12H2,1-2H3,(H,22,24)(H,23,25). The molecule has 4 nitrogen and oxygen atoms in total. The summed E-state index contributed by atoms with van der Waals surface area (Å²) in [5.74, 6) is -0.444. The molecule has 0 aliphatic heterocycles. The van der Waals surface area contributed by atoms with Crippen LogP contribution >= 0.6 is 11.6 Å². The maximum atomic E-state index is 12.7. The van der Waals surface area contributed by atoms with Gasteiger partial charge in [0, 0.05) is 17.3 Å². The van der Waals surface area contributed by atoms with E-state index in [-0.39, 0.29) is 11.8 Å². The number of halogens is 1. The van der Waals surface area contributed by atoms with Gasteiger partial charge in [-0.25, -0.2) is 0 Å². The molecule has 0 saturated heterocycles. The van der Waals surface area contributed by atoms with Gasteiger partial charge >= 0.3 is 0 Å². The fraction of sp³-hybridized carbons (Fsp3) is 0.300. The van der Waals surface area contributed by atoms with Crippen molar-refractivity contribution in [2.24, 2.45) is 5.41 Å². The van der Waals surface area contributed by atoms with Crippen molar-refractivity contribution in [1.29, 1.82) is 0 Å². The van der Waals surface area contributed by atoms with Gasteiger partial charge in [0.05, 0.1) is 0 Å². The minimum absolute atomic E-state index is 0.217. The quantitative estimate of drug-likeness (QED) is 0.796. The monoisotopic (exact) mass is 356 g/mol. The molecular formula is C20H21ClN2O2. The highest BCUT2D eigenvalue weighted by molar-refractivity contribution is 6.30. The molecule has 0 aromatic heterocycles. The third kappa shape index (κ3) is 3.69. The van der Waals surface area contributed by atoms with Crippen LogP contribution in [0.25, 0.3) is 0 Å². The number of carbonyl (C=O) groups excluding carboxylic acids is 2. The first kappa shape index (κ1) is 17.5. The number of carbonyl (C=O) groups is 2. The van der Waals surface area contributed by atoms with Gasteiger partial charge in [0.25, 0.3) is 0 Å². The van der Waals surface area contributed by atoms with Gasteiger partial charge in [0.1, 0.15) is 5.41 Å².